The largest absolute Gasteiger partial charge is 0.423 e. The normalized spacial score (nSPS) is 34.4. The molecule has 0 aliphatic carbocycles. The van der Waals surface area contributed by atoms with Crippen molar-refractivity contribution in [3.63, 3.8) is 0 Å². The molecule has 1 aromatic rings. The van der Waals surface area contributed by atoms with Gasteiger partial charge in [0, 0.05) is 31.7 Å². The van der Waals surface area contributed by atoms with Gasteiger partial charge in [0.25, 0.3) is 0 Å². The van der Waals surface area contributed by atoms with Gasteiger partial charge in [0.1, 0.15) is 0 Å². The molecule has 0 aromatic carbocycles. The summed E-state index contributed by atoms with van der Waals surface area (Å²) in [4.78, 5) is 2.29. The van der Waals surface area contributed by atoms with Gasteiger partial charge in [0.15, 0.2) is 0 Å². The van der Waals surface area contributed by atoms with Crippen molar-refractivity contribution in [2.75, 3.05) is 32.9 Å². The number of likely N-dealkylation sites (tertiary alicyclic amines) is 1. The van der Waals surface area contributed by atoms with Crippen molar-refractivity contribution in [2.24, 2.45) is 11.3 Å². The highest BCUT2D eigenvalue weighted by Crippen LogP contribution is 2.35. The Hall–Kier alpha value is -0.980. The zero-order valence-corrected chi connectivity index (χ0v) is 12.9. The standard InChI is InChI=1S/C15H25N3O3/c1-11-6-18(9-15(11,2)10-19)7-13-16-17-14(21-13)12-4-3-5-20-8-12/h11-12,19H,3-10H2,1-2H3. The molecule has 6 heteroatoms. The van der Waals surface area contributed by atoms with Crippen LogP contribution in [-0.2, 0) is 11.3 Å². The molecule has 3 atom stereocenters. The lowest BCUT2D eigenvalue weighted by atomic mass is 9.82. The molecule has 3 heterocycles. The molecule has 21 heavy (non-hydrogen) atoms. The molecular formula is C15H25N3O3. The Morgan fingerprint density at radius 1 is 1.43 bits per heavy atom. The van der Waals surface area contributed by atoms with E-state index in [2.05, 4.69) is 28.9 Å². The molecule has 0 bridgehead atoms. The maximum absolute atomic E-state index is 9.56. The first-order valence-corrected chi connectivity index (χ1v) is 7.84. The molecule has 2 aliphatic rings. The highest BCUT2D eigenvalue weighted by Gasteiger charge is 2.40. The Morgan fingerprint density at radius 2 is 2.29 bits per heavy atom. The fourth-order valence-corrected chi connectivity index (χ4v) is 3.29. The van der Waals surface area contributed by atoms with Crippen LogP contribution in [0.4, 0.5) is 0 Å². The van der Waals surface area contributed by atoms with Crippen LogP contribution in [0.1, 0.15) is 44.4 Å². The summed E-state index contributed by atoms with van der Waals surface area (Å²) in [6, 6.07) is 0. The van der Waals surface area contributed by atoms with E-state index in [1.165, 1.54) is 0 Å². The Balaban J connectivity index is 1.60. The number of hydrogen-bond donors (Lipinski definition) is 1. The number of hydrogen-bond acceptors (Lipinski definition) is 6. The number of rotatable bonds is 4. The first-order chi connectivity index (χ1) is 10.1. The van der Waals surface area contributed by atoms with Gasteiger partial charge in [-0.15, -0.1) is 10.2 Å². The van der Waals surface area contributed by atoms with Crippen molar-refractivity contribution >= 4 is 0 Å². The average molecular weight is 295 g/mol. The van der Waals surface area contributed by atoms with Crippen LogP contribution in [0.5, 0.6) is 0 Å². The van der Waals surface area contributed by atoms with Crippen LogP contribution in [0.2, 0.25) is 0 Å². The van der Waals surface area contributed by atoms with Crippen LogP contribution in [0.25, 0.3) is 0 Å². The molecule has 0 amide bonds. The number of aromatic nitrogens is 2. The smallest absolute Gasteiger partial charge is 0.230 e. The predicted molar refractivity (Wildman–Crippen MR) is 76.7 cm³/mol. The second-order valence-corrected chi connectivity index (χ2v) is 6.83. The molecule has 1 aromatic heterocycles. The monoisotopic (exact) mass is 295 g/mol. The van der Waals surface area contributed by atoms with Crippen molar-refractivity contribution < 1.29 is 14.3 Å². The molecule has 6 nitrogen and oxygen atoms in total. The second kappa shape index (κ2) is 6.02. The quantitative estimate of drug-likeness (QED) is 0.905. The van der Waals surface area contributed by atoms with Crippen molar-refractivity contribution in [2.45, 2.75) is 39.2 Å². The van der Waals surface area contributed by atoms with E-state index in [1.54, 1.807) is 0 Å². The molecule has 0 spiro atoms. The summed E-state index contributed by atoms with van der Waals surface area (Å²) in [6.45, 7) is 8.56. The van der Waals surface area contributed by atoms with E-state index >= 15 is 0 Å². The number of aliphatic hydroxyl groups is 1. The van der Waals surface area contributed by atoms with Crippen molar-refractivity contribution in [1.82, 2.24) is 15.1 Å². The first-order valence-electron chi connectivity index (χ1n) is 7.84. The summed E-state index contributed by atoms with van der Waals surface area (Å²) in [5, 5.41) is 17.9. The van der Waals surface area contributed by atoms with Crippen molar-refractivity contribution in [3.8, 4) is 0 Å². The summed E-state index contributed by atoms with van der Waals surface area (Å²) in [5.41, 5.74) is -0.0277. The van der Waals surface area contributed by atoms with Crippen LogP contribution < -0.4 is 0 Å². The van der Waals surface area contributed by atoms with Crippen LogP contribution >= 0.6 is 0 Å². The number of nitrogens with zero attached hydrogens (tertiary/aromatic N) is 3. The fraction of sp³-hybridized carbons (Fsp3) is 0.867. The topological polar surface area (TPSA) is 71.6 Å². The van der Waals surface area contributed by atoms with E-state index < -0.39 is 0 Å². The zero-order chi connectivity index (χ0) is 14.9. The Labute approximate surface area is 125 Å². The van der Waals surface area contributed by atoms with Crippen LogP contribution in [0.15, 0.2) is 4.42 Å². The summed E-state index contributed by atoms with van der Waals surface area (Å²) < 4.78 is 11.3. The minimum Gasteiger partial charge on any atom is -0.423 e. The molecule has 2 aliphatic heterocycles. The van der Waals surface area contributed by atoms with Gasteiger partial charge in [0.05, 0.1) is 19.1 Å². The highest BCUT2D eigenvalue weighted by atomic mass is 16.5. The van der Waals surface area contributed by atoms with E-state index in [4.69, 9.17) is 9.15 Å². The van der Waals surface area contributed by atoms with Gasteiger partial charge in [-0.05, 0) is 18.8 Å². The molecule has 2 saturated heterocycles. The van der Waals surface area contributed by atoms with E-state index in [1.807, 2.05) is 0 Å². The molecule has 118 valence electrons. The summed E-state index contributed by atoms with van der Waals surface area (Å²) in [7, 11) is 0. The molecule has 1 N–H and O–H groups in total. The summed E-state index contributed by atoms with van der Waals surface area (Å²) >= 11 is 0. The average Bonchev–Trinajstić information content (AvgIpc) is 3.06. The molecule has 0 saturated carbocycles. The minimum absolute atomic E-state index is 0.0277. The van der Waals surface area contributed by atoms with Crippen LogP contribution in [0, 0.1) is 11.3 Å². The lowest BCUT2D eigenvalue weighted by Crippen LogP contribution is -2.30. The summed E-state index contributed by atoms with van der Waals surface area (Å²) in [5.74, 6) is 2.10. The third-order valence-electron chi connectivity index (χ3n) is 5.02. The van der Waals surface area contributed by atoms with Gasteiger partial charge < -0.3 is 14.3 Å². The molecule has 2 fully saturated rings. The predicted octanol–water partition coefficient (Wildman–Crippen LogP) is 1.41. The van der Waals surface area contributed by atoms with Gasteiger partial charge >= 0.3 is 0 Å². The summed E-state index contributed by atoms with van der Waals surface area (Å²) in [6.07, 6.45) is 2.12. The van der Waals surface area contributed by atoms with Gasteiger partial charge in [-0.25, -0.2) is 0 Å². The Morgan fingerprint density at radius 3 is 2.95 bits per heavy atom. The maximum atomic E-state index is 9.56. The van der Waals surface area contributed by atoms with E-state index in [0.717, 1.165) is 32.5 Å². The SMILES string of the molecule is CC1CN(Cc2nnc(C3CCCOC3)o2)CC1(C)CO. The van der Waals surface area contributed by atoms with E-state index in [-0.39, 0.29) is 17.9 Å². The van der Waals surface area contributed by atoms with Crippen LogP contribution in [-0.4, -0.2) is 53.1 Å². The van der Waals surface area contributed by atoms with Crippen molar-refractivity contribution in [1.29, 1.82) is 0 Å². The molecule has 0 radical (unpaired) electrons. The van der Waals surface area contributed by atoms with Gasteiger partial charge in [-0.3, -0.25) is 4.90 Å². The van der Waals surface area contributed by atoms with Gasteiger partial charge in [0.2, 0.25) is 11.8 Å². The van der Waals surface area contributed by atoms with Gasteiger partial charge in [-0.1, -0.05) is 13.8 Å². The van der Waals surface area contributed by atoms with Gasteiger partial charge in [-0.2, -0.15) is 0 Å². The highest BCUT2D eigenvalue weighted by molar-refractivity contribution is 4.96. The number of ether oxygens (including phenoxy) is 1. The van der Waals surface area contributed by atoms with E-state index in [0.29, 0.717) is 30.9 Å². The number of aliphatic hydroxyl groups excluding tert-OH is 1. The molecule has 3 unspecified atom stereocenters. The Bertz CT molecular complexity index is 472. The molecule has 3 rings (SSSR count). The van der Waals surface area contributed by atoms with Crippen LogP contribution in [0.3, 0.4) is 0 Å². The molecular weight excluding hydrogens is 270 g/mol. The van der Waals surface area contributed by atoms with E-state index in [9.17, 15) is 5.11 Å². The lowest BCUT2D eigenvalue weighted by molar-refractivity contribution is 0.0717. The maximum Gasteiger partial charge on any atom is 0.230 e. The zero-order valence-electron chi connectivity index (χ0n) is 12.9. The minimum atomic E-state index is -0.0277. The third-order valence-corrected chi connectivity index (χ3v) is 5.02. The first kappa shape index (κ1) is 14.9. The fourth-order valence-electron chi connectivity index (χ4n) is 3.29. The Kier molecular flexibility index (Phi) is 4.28. The second-order valence-electron chi connectivity index (χ2n) is 6.83. The van der Waals surface area contributed by atoms with Crippen molar-refractivity contribution in [3.05, 3.63) is 11.8 Å². The third kappa shape index (κ3) is 3.12. The lowest BCUT2D eigenvalue weighted by Gasteiger charge is -2.25.